The van der Waals surface area contributed by atoms with Crippen LogP contribution in [0.15, 0.2) is 85.1 Å². The van der Waals surface area contributed by atoms with E-state index in [1.54, 1.807) is 0 Å². The minimum absolute atomic E-state index is 0.141. The first-order valence-corrected chi connectivity index (χ1v) is 11.0. The number of benzene rings is 3. The summed E-state index contributed by atoms with van der Waals surface area (Å²) in [6, 6.07) is 25.9. The molecule has 166 valence electrons. The zero-order chi connectivity index (χ0) is 22.8. The number of hydrogen-bond donors (Lipinski definition) is 2. The lowest BCUT2D eigenvalue weighted by Crippen LogP contribution is -2.49. The van der Waals surface area contributed by atoms with Crippen molar-refractivity contribution in [2.75, 3.05) is 18.4 Å². The van der Waals surface area contributed by atoms with Crippen LogP contribution < -0.4 is 5.32 Å². The van der Waals surface area contributed by atoms with Crippen LogP contribution in [0, 0.1) is 5.92 Å². The number of carboxylic acids is 1. The Morgan fingerprint density at radius 3 is 2.24 bits per heavy atom. The topological polar surface area (TPSA) is 74.6 Å². The highest BCUT2D eigenvalue weighted by molar-refractivity contribution is 6.13. The minimum Gasteiger partial charge on any atom is -0.481 e. The van der Waals surface area contributed by atoms with Crippen LogP contribution in [0.25, 0.3) is 10.9 Å². The lowest BCUT2D eigenvalue weighted by Gasteiger charge is -2.36. The fraction of sp³-hybridized carbons (Fsp3) is 0.185. The van der Waals surface area contributed by atoms with E-state index < -0.39 is 5.97 Å². The average Bonchev–Trinajstić information content (AvgIpc) is 3.16. The van der Waals surface area contributed by atoms with Crippen LogP contribution in [0.4, 0.5) is 5.69 Å². The van der Waals surface area contributed by atoms with Crippen LogP contribution in [0.1, 0.15) is 21.5 Å². The maximum atomic E-state index is 13.1. The third kappa shape index (κ3) is 4.52. The van der Waals surface area contributed by atoms with E-state index in [9.17, 15) is 9.59 Å². The van der Waals surface area contributed by atoms with Crippen molar-refractivity contribution in [2.45, 2.75) is 13.1 Å². The Kier molecular flexibility index (Phi) is 5.67. The number of nitrogens with one attached hydrogen (secondary N) is 1. The summed E-state index contributed by atoms with van der Waals surface area (Å²) in [7, 11) is 0. The predicted octanol–water partition coefficient (Wildman–Crippen LogP) is 4.46. The summed E-state index contributed by atoms with van der Waals surface area (Å²) in [5.74, 6) is -1.13. The Hall–Kier alpha value is -3.90. The van der Waals surface area contributed by atoms with Gasteiger partial charge in [0.25, 0.3) is 5.91 Å². The van der Waals surface area contributed by atoms with Crippen LogP contribution >= 0.6 is 0 Å². The molecule has 4 aromatic rings. The van der Waals surface area contributed by atoms with Crippen molar-refractivity contribution in [1.29, 1.82) is 0 Å². The van der Waals surface area contributed by atoms with E-state index in [0.717, 1.165) is 22.2 Å². The molecular formula is C27H25N3O3. The molecule has 1 aromatic heterocycles. The van der Waals surface area contributed by atoms with Gasteiger partial charge >= 0.3 is 5.97 Å². The van der Waals surface area contributed by atoms with E-state index in [0.29, 0.717) is 31.7 Å². The molecule has 5 rings (SSSR count). The Balaban J connectivity index is 1.29. The molecule has 0 radical (unpaired) electrons. The second-order valence-electron chi connectivity index (χ2n) is 8.55. The number of carbonyl (C=O) groups excluding carboxylic acids is 1. The average molecular weight is 440 g/mol. The SMILES string of the molecule is O=C(Nc1ccc(CN2CC(C(=O)O)C2)cc1)c1cn(Cc2ccccc2)c2ccccc12. The molecule has 2 N–H and O–H groups in total. The number of nitrogens with zero attached hydrogens (tertiary/aromatic N) is 2. The fourth-order valence-electron chi connectivity index (χ4n) is 4.34. The van der Waals surface area contributed by atoms with Gasteiger partial charge in [-0.2, -0.15) is 0 Å². The molecule has 0 bridgehead atoms. The first kappa shape index (κ1) is 21.0. The van der Waals surface area contributed by atoms with Crippen molar-refractivity contribution in [3.05, 3.63) is 102 Å². The van der Waals surface area contributed by atoms with Gasteiger partial charge in [0.2, 0.25) is 0 Å². The number of rotatable bonds is 7. The second-order valence-corrected chi connectivity index (χ2v) is 8.55. The molecule has 2 heterocycles. The number of fused-ring (bicyclic) bond motifs is 1. The molecule has 0 unspecified atom stereocenters. The van der Waals surface area contributed by atoms with Crippen LogP contribution in [-0.4, -0.2) is 39.5 Å². The van der Waals surface area contributed by atoms with Gasteiger partial charge in [-0.25, -0.2) is 0 Å². The number of carboxylic acid groups (broad SMARTS) is 1. The zero-order valence-electron chi connectivity index (χ0n) is 18.1. The Morgan fingerprint density at radius 1 is 0.848 bits per heavy atom. The van der Waals surface area contributed by atoms with Crippen molar-refractivity contribution in [2.24, 2.45) is 5.92 Å². The predicted molar refractivity (Wildman–Crippen MR) is 128 cm³/mol. The molecular weight excluding hydrogens is 414 g/mol. The van der Waals surface area contributed by atoms with E-state index in [-0.39, 0.29) is 11.8 Å². The summed E-state index contributed by atoms with van der Waals surface area (Å²) in [5, 5.41) is 12.9. The third-order valence-corrected chi connectivity index (χ3v) is 6.15. The van der Waals surface area contributed by atoms with Crippen LogP contribution in [0.2, 0.25) is 0 Å². The number of aromatic nitrogens is 1. The van der Waals surface area contributed by atoms with Crippen molar-refractivity contribution in [3.8, 4) is 0 Å². The van der Waals surface area contributed by atoms with E-state index in [4.69, 9.17) is 5.11 Å². The van der Waals surface area contributed by atoms with Crippen LogP contribution in [0.5, 0.6) is 0 Å². The van der Waals surface area contributed by atoms with Crippen molar-refractivity contribution in [1.82, 2.24) is 9.47 Å². The number of amides is 1. The van der Waals surface area contributed by atoms with Gasteiger partial charge in [0.1, 0.15) is 0 Å². The highest BCUT2D eigenvalue weighted by atomic mass is 16.4. The first-order valence-electron chi connectivity index (χ1n) is 11.0. The first-order chi connectivity index (χ1) is 16.1. The quantitative estimate of drug-likeness (QED) is 0.446. The van der Waals surface area contributed by atoms with Crippen LogP contribution in [-0.2, 0) is 17.9 Å². The summed E-state index contributed by atoms with van der Waals surface area (Å²) in [6.45, 7) is 2.58. The summed E-state index contributed by atoms with van der Waals surface area (Å²) in [5.41, 5.74) is 4.67. The monoisotopic (exact) mass is 439 g/mol. The van der Waals surface area contributed by atoms with E-state index >= 15 is 0 Å². The summed E-state index contributed by atoms with van der Waals surface area (Å²) >= 11 is 0. The standard InChI is InChI=1S/C27H25N3O3/c31-26(28-22-12-10-20(11-13-22)14-29-16-21(17-29)27(32)33)24-18-30(15-19-6-2-1-3-7-19)25-9-5-4-8-23(24)25/h1-13,18,21H,14-17H2,(H,28,31)(H,32,33). The maximum Gasteiger partial charge on any atom is 0.309 e. The zero-order valence-corrected chi connectivity index (χ0v) is 18.1. The lowest BCUT2D eigenvalue weighted by atomic mass is 9.99. The Bertz CT molecular complexity index is 1290. The summed E-state index contributed by atoms with van der Waals surface area (Å²) in [4.78, 5) is 26.2. The molecule has 0 saturated carbocycles. The molecule has 1 amide bonds. The Morgan fingerprint density at radius 2 is 1.52 bits per heavy atom. The number of para-hydroxylation sites is 1. The van der Waals surface area contributed by atoms with Gasteiger partial charge in [0.15, 0.2) is 0 Å². The number of carbonyl (C=O) groups is 2. The maximum absolute atomic E-state index is 13.1. The van der Waals surface area contributed by atoms with Gasteiger partial charge in [-0.05, 0) is 29.3 Å². The Labute approximate surface area is 192 Å². The molecule has 0 spiro atoms. The minimum atomic E-state index is -0.727. The molecule has 3 aromatic carbocycles. The van der Waals surface area contributed by atoms with Gasteiger partial charge in [-0.3, -0.25) is 14.5 Å². The number of likely N-dealkylation sites (tertiary alicyclic amines) is 1. The van der Waals surface area contributed by atoms with Gasteiger partial charge < -0.3 is 15.0 Å². The molecule has 6 nitrogen and oxygen atoms in total. The largest absolute Gasteiger partial charge is 0.481 e. The van der Waals surface area contributed by atoms with Gasteiger partial charge in [0.05, 0.1) is 11.5 Å². The molecule has 33 heavy (non-hydrogen) atoms. The van der Waals surface area contributed by atoms with Gasteiger partial charge in [-0.1, -0.05) is 60.7 Å². The highest BCUT2D eigenvalue weighted by Crippen LogP contribution is 2.24. The number of anilines is 1. The normalized spacial score (nSPS) is 14.2. The molecule has 1 aliphatic rings. The fourth-order valence-corrected chi connectivity index (χ4v) is 4.34. The summed E-state index contributed by atoms with van der Waals surface area (Å²) in [6.07, 6.45) is 1.92. The van der Waals surface area contributed by atoms with Crippen molar-refractivity contribution in [3.63, 3.8) is 0 Å². The highest BCUT2D eigenvalue weighted by Gasteiger charge is 2.32. The third-order valence-electron chi connectivity index (χ3n) is 6.15. The van der Waals surface area contributed by atoms with E-state index in [1.807, 2.05) is 72.9 Å². The molecule has 6 heteroatoms. The van der Waals surface area contributed by atoms with Crippen LogP contribution in [0.3, 0.4) is 0 Å². The van der Waals surface area contributed by atoms with Gasteiger partial charge in [0, 0.05) is 49.0 Å². The summed E-state index contributed by atoms with van der Waals surface area (Å²) < 4.78 is 2.11. The molecule has 1 aliphatic heterocycles. The second kappa shape index (κ2) is 8.92. The smallest absolute Gasteiger partial charge is 0.309 e. The lowest BCUT2D eigenvalue weighted by molar-refractivity contribution is -0.147. The molecule has 0 atom stereocenters. The number of hydrogen-bond acceptors (Lipinski definition) is 3. The number of aliphatic carboxylic acids is 1. The molecule has 0 aliphatic carbocycles. The van der Waals surface area contributed by atoms with Crippen molar-refractivity contribution >= 4 is 28.5 Å². The van der Waals surface area contributed by atoms with Gasteiger partial charge in [-0.15, -0.1) is 0 Å². The van der Waals surface area contributed by atoms with E-state index in [1.165, 1.54) is 5.56 Å². The molecule has 1 saturated heterocycles. The van der Waals surface area contributed by atoms with E-state index in [2.05, 4.69) is 26.9 Å². The van der Waals surface area contributed by atoms with Crippen molar-refractivity contribution < 1.29 is 14.7 Å². The molecule has 1 fully saturated rings.